The predicted octanol–water partition coefficient (Wildman–Crippen LogP) is 2.44. The molecule has 0 fully saturated rings. The average molecular weight is 454 g/mol. The minimum Gasteiger partial charge on any atom is -0.481 e. The topological polar surface area (TPSA) is 131 Å². The van der Waals surface area contributed by atoms with Crippen molar-refractivity contribution in [3.8, 4) is 11.1 Å². The van der Waals surface area contributed by atoms with Gasteiger partial charge in [-0.05, 0) is 35.6 Å². The maximum atomic E-state index is 12.5. The molecule has 1 aliphatic rings. The first kappa shape index (κ1) is 23.8. The molecule has 9 nitrogen and oxygen atoms in total. The van der Waals surface area contributed by atoms with Crippen LogP contribution in [0.3, 0.4) is 0 Å². The Morgan fingerprint density at radius 3 is 2.15 bits per heavy atom. The summed E-state index contributed by atoms with van der Waals surface area (Å²) in [6.07, 6.45) is -1.35. The summed E-state index contributed by atoms with van der Waals surface area (Å²) in [5, 5.41) is 13.7. The molecule has 0 aliphatic heterocycles. The number of aliphatic carboxylic acids is 1. The average Bonchev–Trinajstić information content (AvgIpc) is 3.12. The third-order valence-corrected chi connectivity index (χ3v) is 5.31. The number of ether oxygens (including phenoxy) is 2. The Bertz CT molecular complexity index is 991. The number of hydrogen-bond acceptors (Lipinski definition) is 6. The van der Waals surface area contributed by atoms with Gasteiger partial charge in [-0.3, -0.25) is 14.4 Å². The van der Waals surface area contributed by atoms with Crippen LogP contribution in [0.25, 0.3) is 11.1 Å². The Morgan fingerprint density at radius 2 is 1.58 bits per heavy atom. The van der Waals surface area contributed by atoms with E-state index in [4.69, 9.17) is 14.6 Å². The number of hydrogen-bond donors (Lipinski definition) is 3. The monoisotopic (exact) mass is 454 g/mol. The van der Waals surface area contributed by atoms with Gasteiger partial charge in [-0.15, -0.1) is 0 Å². The number of rotatable bonds is 10. The molecule has 174 valence electrons. The Morgan fingerprint density at radius 1 is 0.970 bits per heavy atom. The molecule has 33 heavy (non-hydrogen) atoms. The first-order valence-corrected chi connectivity index (χ1v) is 10.7. The van der Waals surface area contributed by atoms with Gasteiger partial charge in [-0.1, -0.05) is 48.5 Å². The molecule has 0 aromatic heterocycles. The number of carboxylic acid groups (broad SMARTS) is 1. The summed E-state index contributed by atoms with van der Waals surface area (Å²) in [5.41, 5.74) is 4.25. The number of esters is 1. The quantitative estimate of drug-likeness (QED) is 0.470. The molecule has 0 saturated heterocycles. The lowest BCUT2D eigenvalue weighted by Crippen LogP contribution is -2.48. The van der Waals surface area contributed by atoms with Crippen LogP contribution in [0.2, 0.25) is 0 Å². The van der Waals surface area contributed by atoms with Crippen molar-refractivity contribution in [3.63, 3.8) is 0 Å². The normalized spacial score (nSPS) is 12.8. The molecule has 0 spiro atoms. The zero-order valence-corrected chi connectivity index (χ0v) is 18.2. The molecular formula is C24H26N2O7. The van der Waals surface area contributed by atoms with Gasteiger partial charge in [0.1, 0.15) is 19.2 Å². The number of carboxylic acids is 1. The van der Waals surface area contributed by atoms with Crippen molar-refractivity contribution in [2.45, 2.75) is 31.7 Å². The smallest absolute Gasteiger partial charge is 0.407 e. The maximum absolute atomic E-state index is 12.5. The number of benzene rings is 2. The van der Waals surface area contributed by atoms with E-state index in [-0.39, 0.29) is 38.5 Å². The van der Waals surface area contributed by atoms with Crippen molar-refractivity contribution in [1.29, 1.82) is 0 Å². The van der Waals surface area contributed by atoms with Gasteiger partial charge in [-0.2, -0.15) is 0 Å². The summed E-state index contributed by atoms with van der Waals surface area (Å²) < 4.78 is 10.2. The maximum Gasteiger partial charge on any atom is 0.407 e. The molecule has 3 rings (SSSR count). The Hall–Kier alpha value is -3.88. The zero-order chi connectivity index (χ0) is 23.8. The zero-order valence-electron chi connectivity index (χ0n) is 18.2. The first-order valence-electron chi connectivity index (χ1n) is 10.7. The van der Waals surface area contributed by atoms with Crippen LogP contribution in [0.4, 0.5) is 4.79 Å². The van der Waals surface area contributed by atoms with Crippen molar-refractivity contribution in [3.05, 3.63) is 59.7 Å². The van der Waals surface area contributed by atoms with Gasteiger partial charge in [0.05, 0.1) is 6.61 Å². The lowest BCUT2D eigenvalue weighted by Gasteiger charge is -2.19. The molecule has 1 atom stereocenters. The molecule has 2 amide bonds. The summed E-state index contributed by atoms with van der Waals surface area (Å²) >= 11 is 0. The minimum absolute atomic E-state index is 0.0515. The highest BCUT2D eigenvalue weighted by Crippen LogP contribution is 2.44. The lowest BCUT2D eigenvalue weighted by molar-refractivity contribution is -0.144. The molecule has 3 N–H and O–H groups in total. The minimum atomic E-state index is -1.17. The van der Waals surface area contributed by atoms with Crippen molar-refractivity contribution >= 4 is 23.9 Å². The lowest BCUT2D eigenvalue weighted by atomic mass is 9.98. The van der Waals surface area contributed by atoms with Crippen molar-refractivity contribution in [2.75, 3.05) is 19.8 Å². The molecule has 0 saturated carbocycles. The summed E-state index contributed by atoms with van der Waals surface area (Å²) in [5.74, 6) is -2.60. The second-order valence-electron chi connectivity index (χ2n) is 7.48. The van der Waals surface area contributed by atoms with Crippen LogP contribution in [0, 0.1) is 0 Å². The molecule has 0 heterocycles. The fourth-order valence-electron chi connectivity index (χ4n) is 3.81. The van der Waals surface area contributed by atoms with E-state index < -0.39 is 30.0 Å². The number of fused-ring (bicyclic) bond motifs is 3. The fraction of sp³-hybridized carbons (Fsp3) is 0.333. The third kappa shape index (κ3) is 6.09. The first-order chi connectivity index (χ1) is 15.9. The van der Waals surface area contributed by atoms with Crippen LogP contribution in [0.15, 0.2) is 48.5 Å². The van der Waals surface area contributed by atoms with E-state index in [9.17, 15) is 19.2 Å². The van der Waals surface area contributed by atoms with E-state index in [1.807, 2.05) is 48.5 Å². The van der Waals surface area contributed by atoms with Crippen molar-refractivity contribution in [1.82, 2.24) is 10.6 Å². The van der Waals surface area contributed by atoms with E-state index in [0.29, 0.717) is 0 Å². The predicted molar refractivity (Wildman–Crippen MR) is 119 cm³/mol. The number of amides is 2. The fourth-order valence-corrected chi connectivity index (χ4v) is 3.81. The van der Waals surface area contributed by atoms with Gasteiger partial charge in [0.2, 0.25) is 5.91 Å². The standard InChI is InChI=1S/C24H26N2O7/c1-2-32-22(29)13-25-23(30)20(11-12-21(27)28)26-24(31)33-14-19-17-9-5-3-7-15(17)16-8-4-6-10-18(16)19/h3-10,19-20H,2,11-14H2,1H3,(H,25,30)(H,26,31)(H,27,28). The molecule has 9 heteroatoms. The van der Waals surface area contributed by atoms with Crippen LogP contribution < -0.4 is 10.6 Å². The van der Waals surface area contributed by atoms with Gasteiger partial charge in [0.15, 0.2) is 0 Å². The number of alkyl carbamates (subject to hydrolysis) is 1. The Balaban J connectivity index is 1.62. The number of nitrogens with one attached hydrogen (secondary N) is 2. The highest BCUT2D eigenvalue weighted by atomic mass is 16.5. The van der Waals surface area contributed by atoms with Crippen molar-refractivity contribution in [2.24, 2.45) is 0 Å². The highest BCUT2D eigenvalue weighted by molar-refractivity contribution is 5.88. The largest absolute Gasteiger partial charge is 0.481 e. The Kier molecular flexibility index (Phi) is 8.01. The van der Waals surface area contributed by atoms with E-state index >= 15 is 0 Å². The van der Waals surface area contributed by atoms with Crippen LogP contribution in [0.1, 0.15) is 36.8 Å². The molecular weight excluding hydrogens is 428 g/mol. The van der Waals surface area contributed by atoms with Crippen molar-refractivity contribution < 1.29 is 33.8 Å². The van der Waals surface area contributed by atoms with Crippen LogP contribution in [-0.2, 0) is 23.9 Å². The molecule has 0 bridgehead atoms. The molecule has 2 aromatic carbocycles. The van der Waals surface area contributed by atoms with Gasteiger partial charge >= 0.3 is 18.0 Å². The highest BCUT2D eigenvalue weighted by Gasteiger charge is 2.30. The molecule has 1 aliphatic carbocycles. The summed E-state index contributed by atoms with van der Waals surface area (Å²) in [6, 6.07) is 14.6. The molecule has 2 aromatic rings. The number of carbonyl (C=O) groups is 4. The van der Waals surface area contributed by atoms with E-state index in [1.165, 1.54) is 0 Å². The Labute approximate surface area is 191 Å². The van der Waals surface area contributed by atoms with E-state index in [0.717, 1.165) is 22.3 Å². The molecule has 1 unspecified atom stereocenters. The van der Waals surface area contributed by atoms with Crippen LogP contribution in [0.5, 0.6) is 0 Å². The second-order valence-corrected chi connectivity index (χ2v) is 7.48. The van der Waals surface area contributed by atoms with E-state index in [1.54, 1.807) is 6.92 Å². The van der Waals surface area contributed by atoms with E-state index in [2.05, 4.69) is 10.6 Å². The summed E-state index contributed by atoms with van der Waals surface area (Å²) in [6.45, 7) is 1.46. The van der Waals surface area contributed by atoms with Gasteiger partial charge in [0.25, 0.3) is 0 Å². The third-order valence-electron chi connectivity index (χ3n) is 5.31. The second kappa shape index (κ2) is 11.1. The van der Waals surface area contributed by atoms with Gasteiger partial charge in [-0.25, -0.2) is 4.79 Å². The number of carbonyl (C=O) groups excluding carboxylic acids is 3. The van der Waals surface area contributed by atoms with Crippen LogP contribution >= 0.6 is 0 Å². The van der Waals surface area contributed by atoms with Gasteiger partial charge < -0.3 is 25.2 Å². The SMILES string of the molecule is CCOC(=O)CNC(=O)C(CCC(=O)O)NC(=O)OCC1c2ccccc2-c2ccccc21. The van der Waals surface area contributed by atoms with Gasteiger partial charge in [0, 0.05) is 12.3 Å². The summed E-state index contributed by atoms with van der Waals surface area (Å²) in [7, 11) is 0. The summed E-state index contributed by atoms with van der Waals surface area (Å²) in [4.78, 5) is 47.3. The molecule has 0 radical (unpaired) electrons. The van der Waals surface area contributed by atoms with Crippen LogP contribution in [-0.4, -0.2) is 54.8 Å².